The van der Waals surface area contributed by atoms with Crippen LogP contribution < -0.4 is 22.1 Å². The number of hydrogen-bond acceptors (Lipinski definition) is 5. The maximum Gasteiger partial charge on any atom is 0.338 e. The summed E-state index contributed by atoms with van der Waals surface area (Å²) in [6.07, 6.45) is 4.12. The summed E-state index contributed by atoms with van der Waals surface area (Å²) in [4.78, 5) is 22.8. The van der Waals surface area contributed by atoms with Crippen LogP contribution in [0.15, 0.2) is 0 Å². The van der Waals surface area contributed by atoms with E-state index in [9.17, 15) is 14.7 Å². The first-order valence-corrected chi connectivity index (χ1v) is 6.77. The zero-order valence-corrected chi connectivity index (χ0v) is 11.2. The van der Waals surface area contributed by atoms with Gasteiger partial charge in [-0.3, -0.25) is 10.1 Å². The SMILES string of the molecule is NCCCC[C@](N)(NC1CCCCC(=O)N1)C(=O)O. The second-order valence-electron chi connectivity index (χ2n) is 5.03. The topological polar surface area (TPSA) is 130 Å². The van der Waals surface area contributed by atoms with Crippen molar-refractivity contribution in [3.8, 4) is 0 Å². The van der Waals surface area contributed by atoms with Gasteiger partial charge >= 0.3 is 5.97 Å². The Morgan fingerprint density at radius 3 is 2.84 bits per heavy atom. The van der Waals surface area contributed by atoms with Crippen LogP contribution in [0, 0.1) is 0 Å². The summed E-state index contributed by atoms with van der Waals surface area (Å²) in [5.41, 5.74) is 9.78. The molecule has 0 spiro atoms. The van der Waals surface area contributed by atoms with Gasteiger partial charge in [-0.05, 0) is 45.1 Å². The Morgan fingerprint density at radius 1 is 1.47 bits per heavy atom. The molecular weight excluding hydrogens is 248 g/mol. The highest BCUT2D eigenvalue weighted by atomic mass is 16.4. The summed E-state index contributed by atoms with van der Waals surface area (Å²) in [5, 5.41) is 14.9. The number of nitrogens with one attached hydrogen (secondary N) is 2. The highest BCUT2D eigenvalue weighted by Crippen LogP contribution is 2.13. The first kappa shape index (κ1) is 15.9. The number of carbonyl (C=O) groups excluding carboxylic acids is 1. The number of amides is 1. The third kappa shape index (κ3) is 5.14. The lowest BCUT2D eigenvalue weighted by Crippen LogP contribution is -2.65. The van der Waals surface area contributed by atoms with Crippen LogP contribution >= 0.6 is 0 Å². The molecule has 1 heterocycles. The van der Waals surface area contributed by atoms with Crippen LogP contribution in [0.4, 0.5) is 0 Å². The average Bonchev–Trinajstić information content (AvgIpc) is 2.53. The monoisotopic (exact) mass is 272 g/mol. The maximum absolute atomic E-state index is 11.5. The molecule has 7 heteroatoms. The summed E-state index contributed by atoms with van der Waals surface area (Å²) >= 11 is 0. The van der Waals surface area contributed by atoms with E-state index in [-0.39, 0.29) is 18.5 Å². The molecule has 1 aliphatic heterocycles. The van der Waals surface area contributed by atoms with Crippen molar-refractivity contribution in [3.63, 3.8) is 0 Å². The van der Waals surface area contributed by atoms with Crippen LogP contribution in [-0.2, 0) is 9.59 Å². The molecule has 0 aromatic rings. The molecule has 1 aliphatic rings. The Hall–Kier alpha value is -1.18. The van der Waals surface area contributed by atoms with Crippen LogP contribution in [-0.4, -0.2) is 35.4 Å². The van der Waals surface area contributed by atoms with Crippen molar-refractivity contribution >= 4 is 11.9 Å². The zero-order valence-electron chi connectivity index (χ0n) is 11.2. The Kier molecular flexibility index (Phi) is 6.20. The lowest BCUT2D eigenvalue weighted by molar-refractivity contribution is -0.146. The van der Waals surface area contributed by atoms with Gasteiger partial charge in [0, 0.05) is 6.42 Å². The van der Waals surface area contributed by atoms with Gasteiger partial charge < -0.3 is 21.9 Å². The van der Waals surface area contributed by atoms with E-state index in [1.165, 1.54) is 0 Å². The van der Waals surface area contributed by atoms with Crippen molar-refractivity contribution in [2.45, 2.75) is 56.8 Å². The van der Waals surface area contributed by atoms with Gasteiger partial charge in [-0.2, -0.15) is 0 Å². The third-order valence-electron chi connectivity index (χ3n) is 3.32. The van der Waals surface area contributed by atoms with Gasteiger partial charge in [-0.15, -0.1) is 0 Å². The Balaban J connectivity index is 2.60. The molecule has 7 N–H and O–H groups in total. The molecule has 2 atom stereocenters. The molecule has 1 unspecified atom stereocenters. The average molecular weight is 272 g/mol. The largest absolute Gasteiger partial charge is 0.479 e. The summed E-state index contributed by atoms with van der Waals surface area (Å²) in [6.45, 7) is 0.510. The number of rotatable bonds is 7. The molecule has 0 radical (unpaired) electrons. The first-order valence-electron chi connectivity index (χ1n) is 6.77. The molecule has 0 aromatic carbocycles. The number of hydrogen-bond donors (Lipinski definition) is 5. The number of carboxylic acid groups (broad SMARTS) is 1. The van der Waals surface area contributed by atoms with E-state index >= 15 is 0 Å². The predicted octanol–water partition coefficient (Wildman–Crippen LogP) is -0.539. The molecule has 1 fully saturated rings. The molecule has 110 valence electrons. The van der Waals surface area contributed by atoms with E-state index in [1.807, 2.05) is 0 Å². The van der Waals surface area contributed by atoms with E-state index in [1.54, 1.807) is 0 Å². The van der Waals surface area contributed by atoms with E-state index < -0.39 is 11.6 Å². The van der Waals surface area contributed by atoms with Crippen LogP contribution in [0.2, 0.25) is 0 Å². The third-order valence-corrected chi connectivity index (χ3v) is 3.32. The molecule has 7 nitrogen and oxygen atoms in total. The van der Waals surface area contributed by atoms with Gasteiger partial charge in [0.05, 0.1) is 6.17 Å². The smallest absolute Gasteiger partial charge is 0.338 e. The van der Waals surface area contributed by atoms with E-state index in [0.29, 0.717) is 25.8 Å². The van der Waals surface area contributed by atoms with Crippen molar-refractivity contribution in [2.75, 3.05) is 6.54 Å². The second kappa shape index (κ2) is 7.42. The Labute approximate surface area is 113 Å². The normalized spacial score (nSPS) is 23.3. The van der Waals surface area contributed by atoms with Crippen LogP contribution in [0.5, 0.6) is 0 Å². The number of aliphatic carboxylic acids is 1. The minimum Gasteiger partial charge on any atom is -0.479 e. The van der Waals surface area contributed by atoms with Crippen molar-refractivity contribution < 1.29 is 14.7 Å². The maximum atomic E-state index is 11.5. The van der Waals surface area contributed by atoms with E-state index in [4.69, 9.17) is 11.5 Å². The van der Waals surface area contributed by atoms with Gasteiger partial charge in [-0.1, -0.05) is 0 Å². The fourth-order valence-corrected chi connectivity index (χ4v) is 2.18. The second-order valence-corrected chi connectivity index (χ2v) is 5.03. The predicted molar refractivity (Wildman–Crippen MR) is 71.0 cm³/mol. The summed E-state index contributed by atoms with van der Waals surface area (Å²) in [5.74, 6) is -1.17. The Morgan fingerprint density at radius 2 is 2.21 bits per heavy atom. The number of carbonyl (C=O) groups is 2. The minimum atomic E-state index is -1.52. The van der Waals surface area contributed by atoms with Crippen molar-refractivity contribution in [1.82, 2.24) is 10.6 Å². The van der Waals surface area contributed by atoms with Crippen molar-refractivity contribution in [3.05, 3.63) is 0 Å². The van der Waals surface area contributed by atoms with E-state index in [2.05, 4.69) is 10.6 Å². The molecule has 0 saturated carbocycles. The molecule has 1 amide bonds. The van der Waals surface area contributed by atoms with Crippen LogP contribution in [0.1, 0.15) is 44.9 Å². The lowest BCUT2D eigenvalue weighted by atomic mass is 10.0. The van der Waals surface area contributed by atoms with Gasteiger partial charge in [0.1, 0.15) is 0 Å². The summed E-state index contributed by atoms with van der Waals surface area (Å²) in [7, 11) is 0. The molecule has 1 saturated heterocycles. The van der Waals surface area contributed by atoms with Gasteiger partial charge in [-0.25, -0.2) is 4.79 Å². The molecule has 19 heavy (non-hydrogen) atoms. The first-order chi connectivity index (χ1) is 8.98. The molecule has 1 rings (SSSR count). The van der Waals surface area contributed by atoms with Crippen molar-refractivity contribution in [2.24, 2.45) is 11.5 Å². The quantitative estimate of drug-likeness (QED) is 0.312. The molecule has 0 aromatic heterocycles. The number of nitrogens with two attached hydrogens (primary N) is 2. The van der Waals surface area contributed by atoms with Gasteiger partial charge in [0.15, 0.2) is 5.66 Å². The van der Waals surface area contributed by atoms with Gasteiger partial charge in [0.25, 0.3) is 0 Å². The molecular formula is C12H24N4O3. The fourth-order valence-electron chi connectivity index (χ4n) is 2.18. The number of unbranched alkanes of at least 4 members (excludes halogenated alkanes) is 1. The highest BCUT2D eigenvalue weighted by molar-refractivity contribution is 5.79. The fraction of sp³-hybridized carbons (Fsp3) is 0.833. The van der Waals surface area contributed by atoms with Crippen molar-refractivity contribution in [1.29, 1.82) is 0 Å². The molecule has 0 bridgehead atoms. The minimum absolute atomic E-state index is 0.0651. The number of carboxylic acids is 1. The highest BCUT2D eigenvalue weighted by Gasteiger charge is 2.36. The Bertz CT molecular complexity index is 324. The van der Waals surface area contributed by atoms with E-state index in [0.717, 1.165) is 19.3 Å². The molecule has 0 aliphatic carbocycles. The summed E-state index contributed by atoms with van der Waals surface area (Å²) < 4.78 is 0. The standard InChI is InChI=1S/C12H24N4O3/c13-8-4-3-7-12(14,11(18)19)16-9-5-1-2-6-10(17)15-9/h9,16H,1-8,13-14H2,(H,15,17)(H,18,19)/t9?,12-/m0/s1. The van der Waals surface area contributed by atoms with Gasteiger partial charge in [0.2, 0.25) is 5.91 Å². The van der Waals surface area contributed by atoms with Crippen LogP contribution in [0.25, 0.3) is 0 Å². The lowest BCUT2D eigenvalue weighted by Gasteiger charge is -2.31. The summed E-state index contributed by atoms with van der Waals surface area (Å²) in [6, 6.07) is 0. The zero-order chi connectivity index (χ0) is 14.3. The van der Waals surface area contributed by atoms with Crippen LogP contribution in [0.3, 0.4) is 0 Å².